The van der Waals surface area contributed by atoms with Gasteiger partial charge in [0, 0.05) is 23.7 Å². The fourth-order valence-electron chi connectivity index (χ4n) is 4.61. The van der Waals surface area contributed by atoms with Crippen molar-refractivity contribution in [2.45, 2.75) is 18.9 Å². The van der Waals surface area contributed by atoms with E-state index in [0.29, 0.717) is 29.8 Å². The first kappa shape index (κ1) is 23.0. The number of sulfone groups is 1. The monoisotopic (exact) mass is 487 g/mol. The van der Waals surface area contributed by atoms with Gasteiger partial charge in [0.05, 0.1) is 41.6 Å². The third-order valence-electron chi connectivity index (χ3n) is 6.25. The van der Waals surface area contributed by atoms with E-state index >= 15 is 0 Å². The molecule has 178 valence electrons. The summed E-state index contributed by atoms with van der Waals surface area (Å²) in [4.78, 5) is 16.7. The summed E-state index contributed by atoms with van der Waals surface area (Å²) >= 11 is 0. The molecule has 1 saturated heterocycles. The number of ether oxygens (including phenoxy) is 1. The molecule has 1 atom stereocenters. The highest BCUT2D eigenvalue weighted by Crippen LogP contribution is 2.37. The van der Waals surface area contributed by atoms with Gasteiger partial charge in [-0.3, -0.25) is 9.67 Å². The van der Waals surface area contributed by atoms with E-state index in [1.54, 1.807) is 12.3 Å². The number of carbonyl (C=O) groups excluding carboxylic acids is 1. The summed E-state index contributed by atoms with van der Waals surface area (Å²) < 4.78 is 31.5. The van der Waals surface area contributed by atoms with Gasteiger partial charge in [-0.2, -0.15) is 5.10 Å². The second-order valence-corrected chi connectivity index (χ2v) is 10.9. The van der Waals surface area contributed by atoms with E-state index in [-0.39, 0.29) is 17.5 Å². The lowest BCUT2D eigenvalue weighted by molar-refractivity contribution is 0.0600. The summed E-state index contributed by atoms with van der Waals surface area (Å²) in [6, 6.07) is 22.6. The van der Waals surface area contributed by atoms with Gasteiger partial charge < -0.3 is 4.74 Å². The maximum atomic E-state index is 12.3. The van der Waals surface area contributed by atoms with Gasteiger partial charge in [0.2, 0.25) is 0 Å². The number of methoxy groups -OCH3 is 1. The molecule has 5 rings (SSSR count). The molecule has 7 nitrogen and oxygen atoms in total. The molecule has 0 aliphatic carbocycles. The van der Waals surface area contributed by atoms with Crippen molar-refractivity contribution in [2.24, 2.45) is 0 Å². The van der Waals surface area contributed by atoms with Gasteiger partial charge in [0.25, 0.3) is 0 Å². The van der Waals surface area contributed by atoms with Crippen LogP contribution in [0, 0.1) is 0 Å². The van der Waals surface area contributed by atoms with Crippen molar-refractivity contribution >= 4 is 15.8 Å². The normalized spacial score (nSPS) is 16.8. The summed E-state index contributed by atoms with van der Waals surface area (Å²) in [6.07, 6.45) is 2.72. The largest absolute Gasteiger partial charge is 0.465 e. The standard InChI is InChI=1S/C27H25N3O4S/c1-34-27(31)21-11-7-8-19(16-21)17-23-25(24-12-5-6-14-28-24)29-30(22-13-15-35(32,33)18-22)26(23)20-9-3-2-4-10-20/h2-12,14,16,22H,13,15,17-18H2,1H3. The number of hydrogen-bond donors (Lipinski definition) is 0. The average Bonchev–Trinajstić information content (AvgIpc) is 3.44. The number of carbonyl (C=O) groups is 1. The molecule has 0 spiro atoms. The zero-order valence-corrected chi connectivity index (χ0v) is 20.1. The first-order chi connectivity index (χ1) is 16.9. The molecule has 0 radical (unpaired) electrons. The zero-order valence-electron chi connectivity index (χ0n) is 19.3. The number of rotatable bonds is 6. The van der Waals surface area contributed by atoms with Gasteiger partial charge in [-0.15, -0.1) is 0 Å². The number of aromatic nitrogens is 3. The highest BCUT2D eigenvalue weighted by molar-refractivity contribution is 7.91. The average molecular weight is 488 g/mol. The molecular weight excluding hydrogens is 462 g/mol. The fourth-order valence-corrected chi connectivity index (χ4v) is 6.30. The molecule has 2 aromatic carbocycles. The molecule has 0 bridgehead atoms. The molecule has 2 aromatic heterocycles. The Morgan fingerprint density at radius 1 is 1.06 bits per heavy atom. The van der Waals surface area contributed by atoms with E-state index in [2.05, 4.69) is 4.98 Å². The van der Waals surface area contributed by atoms with Gasteiger partial charge in [0.15, 0.2) is 9.84 Å². The lowest BCUT2D eigenvalue weighted by Crippen LogP contribution is -2.14. The van der Waals surface area contributed by atoms with E-state index in [9.17, 15) is 13.2 Å². The second kappa shape index (κ2) is 9.46. The van der Waals surface area contributed by atoms with E-state index in [0.717, 1.165) is 22.4 Å². The fraction of sp³-hybridized carbons (Fsp3) is 0.222. The van der Waals surface area contributed by atoms with Crippen molar-refractivity contribution in [3.8, 4) is 22.6 Å². The molecule has 0 amide bonds. The van der Waals surface area contributed by atoms with Crippen LogP contribution >= 0.6 is 0 Å². The predicted octanol–water partition coefficient (Wildman–Crippen LogP) is 4.35. The Hall–Kier alpha value is -3.78. The number of benzene rings is 2. The van der Waals surface area contributed by atoms with Gasteiger partial charge in [-0.25, -0.2) is 13.2 Å². The molecule has 0 saturated carbocycles. The van der Waals surface area contributed by atoms with Crippen LogP contribution in [0.1, 0.15) is 33.9 Å². The summed E-state index contributed by atoms with van der Waals surface area (Å²) in [6.45, 7) is 0. The SMILES string of the molecule is COC(=O)c1cccc(Cc2c(-c3ccccn3)nn(C3CCS(=O)(=O)C3)c2-c2ccccc2)c1. The van der Waals surface area contributed by atoms with E-state index in [1.807, 2.05) is 71.4 Å². The first-order valence-electron chi connectivity index (χ1n) is 11.4. The van der Waals surface area contributed by atoms with Crippen LogP contribution in [0.3, 0.4) is 0 Å². The Morgan fingerprint density at radius 3 is 2.54 bits per heavy atom. The van der Waals surface area contributed by atoms with E-state index in [4.69, 9.17) is 9.84 Å². The van der Waals surface area contributed by atoms with Crippen molar-refractivity contribution in [2.75, 3.05) is 18.6 Å². The third-order valence-corrected chi connectivity index (χ3v) is 8.00. The minimum absolute atomic E-state index is 0.0629. The Balaban J connectivity index is 1.71. The molecule has 35 heavy (non-hydrogen) atoms. The highest BCUT2D eigenvalue weighted by Gasteiger charge is 2.33. The summed E-state index contributed by atoms with van der Waals surface area (Å²) in [7, 11) is -1.75. The third kappa shape index (κ3) is 4.74. The van der Waals surface area contributed by atoms with Gasteiger partial charge >= 0.3 is 5.97 Å². The smallest absolute Gasteiger partial charge is 0.337 e. The van der Waals surface area contributed by atoms with Crippen LogP contribution in [0.4, 0.5) is 0 Å². The van der Waals surface area contributed by atoms with Crippen LogP contribution in [0.5, 0.6) is 0 Å². The van der Waals surface area contributed by atoms with Crippen LogP contribution in [0.25, 0.3) is 22.6 Å². The second-order valence-electron chi connectivity index (χ2n) is 8.63. The zero-order chi connectivity index (χ0) is 24.4. The van der Waals surface area contributed by atoms with E-state index in [1.165, 1.54) is 7.11 Å². The van der Waals surface area contributed by atoms with E-state index < -0.39 is 15.8 Å². The molecular formula is C27H25N3O4S. The molecule has 4 aromatic rings. The van der Waals surface area contributed by atoms with Gasteiger partial charge in [-0.05, 0) is 36.2 Å². The van der Waals surface area contributed by atoms with Crippen molar-refractivity contribution in [1.82, 2.24) is 14.8 Å². The molecule has 1 aliphatic heterocycles. The van der Waals surface area contributed by atoms with Gasteiger partial charge in [0.1, 0.15) is 5.69 Å². The van der Waals surface area contributed by atoms with Crippen molar-refractivity contribution in [1.29, 1.82) is 0 Å². The minimum atomic E-state index is -3.12. The molecule has 1 aliphatic rings. The molecule has 8 heteroatoms. The number of pyridine rings is 1. The lowest BCUT2D eigenvalue weighted by atomic mass is 9.96. The quantitative estimate of drug-likeness (QED) is 0.376. The van der Waals surface area contributed by atoms with Crippen LogP contribution in [0.15, 0.2) is 79.0 Å². The maximum Gasteiger partial charge on any atom is 0.337 e. The first-order valence-corrected chi connectivity index (χ1v) is 13.2. The number of esters is 1. The molecule has 3 heterocycles. The molecule has 0 N–H and O–H groups in total. The van der Waals surface area contributed by atoms with Crippen molar-refractivity contribution in [3.63, 3.8) is 0 Å². The maximum absolute atomic E-state index is 12.3. The van der Waals surface area contributed by atoms with Crippen molar-refractivity contribution in [3.05, 3.63) is 95.7 Å². The Labute approximate surface area is 204 Å². The minimum Gasteiger partial charge on any atom is -0.465 e. The molecule has 1 fully saturated rings. The topological polar surface area (TPSA) is 91.2 Å². The Morgan fingerprint density at radius 2 is 1.86 bits per heavy atom. The lowest BCUT2D eigenvalue weighted by Gasteiger charge is -2.15. The predicted molar refractivity (Wildman–Crippen MR) is 134 cm³/mol. The van der Waals surface area contributed by atoms with Crippen LogP contribution in [0.2, 0.25) is 0 Å². The Kier molecular flexibility index (Phi) is 6.21. The number of nitrogens with zero attached hydrogens (tertiary/aromatic N) is 3. The summed E-state index contributed by atoms with van der Waals surface area (Å²) in [5.74, 6) is -0.179. The highest BCUT2D eigenvalue weighted by atomic mass is 32.2. The van der Waals surface area contributed by atoms with Crippen LogP contribution in [-0.2, 0) is 21.0 Å². The van der Waals surface area contributed by atoms with Gasteiger partial charge in [-0.1, -0.05) is 48.5 Å². The number of hydrogen-bond acceptors (Lipinski definition) is 6. The van der Waals surface area contributed by atoms with Crippen LogP contribution in [-0.4, -0.2) is 47.8 Å². The Bertz CT molecular complexity index is 1470. The summed E-state index contributed by atoms with van der Waals surface area (Å²) in [5, 5.41) is 4.97. The summed E-state index contributed by atoms with van der Waals surface area (Å²) in [5.41, 5.74) is 5.56. The van der Waals surface area contributed by atoms with Crippen LogP contribution < -0.4 is 0 Å². The molecule has 1 unspecified atom stereocenters. The van der Waals surface area contributed by atoms with Crippen molar-refractivity contribution < 1.29 is 17.9 Å².